The topological polar surface area (TPSA) is 64.7 Å². The molecule has 0 atom stereocenters. The molecule has 3 aromatic rings. The van der Waals surface area contributed by atoms with E-state index >= 15 is 0 Å². The molecule has 1 aromatic carbocycles. The zero-order valence-corrected chi connectivity index (χ0v) is 13.4. The van der Waals surface area contributed by atoms with E-state index in [0.717, 1.165) is 5.56 Å². The van der Waals surface area contributed by atoms with Gasteiger partial charge in [-0.15, -0.1) is 0 Å². The van der Waals surface area contributed by atoms with Crippen molar-refractivity contribution in [2.45, 2.75) is 20.0 Å². The summed E-state index contributed by atoms with van der Waals surface area (Å²) in [5.74, 6) is 0.286. The van der Waals surface area contributed by atoms with Crippen molar-refractivity contribution in [3.63, 3.8) is 0 Å². The molecule has 0 unspecified atom stereocenters. The highest BCUT2D eigenvalue weighted by atomic mass is 35.5. The van der Waals surface area contributed by atoms with Crippen molar-refractivity contribution in [3.8, 4) is 0 Å². The summed E-state index contributed by atoms with van der Waals surface area (Å²) in [6, 6.07) is 11.0. The maximum atomic E-state index is 12.2. The fourth-order valence-corrected chi connectivity index (χ4v) is 2.38. The van der Waals surface area contributed by atoms with Gasteiger partial charge in [-0.3, -0.25) is 14.2 Å². The maximum Gasteiger partial charge on any atom is 0.275 e. The molecule has 0 spiro atoms. The monoisotopic (exact) mass is 329 g/mol. The number of benzene rings is 1. The number of aromatic nitrogens is 4. The lowest BCUT2D eigenvalue weighted by Gasteiger charge is -2.05. The predicted octanol–water partition coefficient (Wildman–Crippen LogP) is 3.05. The maximum absolute atomic E-state index is 12.2. The van der Waals surface area contributed by atoms with Crippen molar-refractivity contribution >= 4 is 23.3 Å². The first-order valence-electron chi connectivity index (χ1n) is 7.27. The van der Waals surface area contributed by atoms with Crippen molar-refractivity contribution < 1.29 is 4.79 Å². The van der Waals surface area contributed by atoms with Gasteiger partial charge in [0.05, 0.1) is 6.54 Å². The van der Waals surface area contributed by atoms with E-state index in [-0.39, 0.29) is 5.91 Å². The van der Waals surface area contributed by atoms with E-state index in [0.29, 0.717) is 29.6 Å². The number of halogens is 1. The summed E-state index contributed by atoms with van der Waals surface area (Å²) in [5.41, 5.74) is 1.60. The predicted molar refractivity (Wildman–Crippen MR) is 88.6 cm³/mol. The van der Waals surface area contributed by atoms with Crippen LogP contribution in [-0.4, -0.2) is 25.5 Å². The number of nitrogens with zero attached hydrogens (tertiary/aromatic N) is 4. The lowest BCUT2D eigenvalue weighted by Crippen LogP contribution is -2.17. The van der Waals surface area contributed by atoms with Gasteiger partial charge in [-0.1, -0.05) is 23.7 Å². The third-order valence-electron chi connectivity index (χ3n) is 3.39. The molecule has 23 heavy (non-hydrogen) atoms. The van der Waals surface area contributed by atoms with Crippen LogP contribution in [0.15, 0.2) is 48.8 Å². The summed E-state index contributed by atoms with van der Waals surface area (Å²) in [5, 5.41) is 11.9. The largest absolute Gasteiger partial charge is 0.304 e. The van der Waals surface area contributed by atoms with E-state index < -0.39 is 0 Å². The Hall–Kier alpha value is -2.60. The zero-order chi connectivity index (χ0) is 16.2. The van der Waals surface area contributed by atoms with Gasteiger partial charge in [-0.05, 0) is 30.7 Å². The van der Waals surface area contributed by atoms with E-state index in [1.807, 2.05) is 37.4 Å². The quantitative estimate of drug-likeness (QED) is 0.782. The van der Waals surface area contributed by atoms with E-state index in [9.17, 15) is 4.79 Å². The van der Waals surface area contributed by atoms with Crippen LogP contribution in [0, 0.1) is 0 Å². The van der Waals surface area contributed by atoms with Crippen LogP contribution >= 0.6 is 11.6 Å². The molecule has 2 aromatic heterocycles. The molecule has 1 N–H and O–H groups in total. The normalized spacial score (nSPS) is 10.7. The number of nitrogens with one attached hydrogen (secondary N) is 1. The lowest BCUT2D eigenvalue weighted by molar-refractivity contribution is 0.101. The summed E-state index contributed by atoms with van der Waals surface area (Å²) in [7, 11) is 0. The van der Waals surface area contributed by atoms with Crippen LogP contribution in [0.2, 0.25) is 5.02 Å². The molecular formula is C16H16ClN5O. The van der Waals surface area contributed by atoms with Gasteiger partial charge in [0.25, 0.3) is 5.91 Å². The third kappa shape index (κ3) is 3.60. The highest BCUT2D eigenvalue weighted by Gasteiger charge is 2.12. The zero-order valence-electron chi connectivity index (χ0n) is 12.6. The molecule has 0 radical (unpaired) electrons. The smallest absolute Gasteiger partial charge is 0.275 e. The molecular weight excluding hydrogens is 314 g/mol. The van der Waals surface area contributed by atoms with Gasteiger partial charge in [0.2, 0.25) is 0 Å². The third-order valence-corrected chi connectivity index (χ3v) is 3.64. The molecule has 0 fully saturated rings. The Labute approximate surface area is 138 Å². The van der Waals surface area contributed by atoms with Crippen molar-refractivity contribution in [1.82, 2.24) is 19.6 Å². The summed E-state index contributed by atoms with van der Waals surface area (Å²) in [4.78, 5) is 12.2. The van der Waals surface area contributed by atoms with Crippen LogP contribution in [0.3, 0.4) is 0 Å². The molecule has 3 rings (SSSR count). The average Bonchev–Trinajstić information content (AvgIpc) is 3.18. The number of carbonyl (C=O) groups is 1. The highest BCUT2D eigenvalue weighted by Crippen LogP contribution is 2.12. The standard InChI is InChI=1S/C16H16ClN5O/c1-2-22-14(7-9-18-22)16(23)19-15-8-10-21(20-15)11-12-3-5-13(17)6-4-12/h3-10H,2,11H2,1H3,(H,19,20,23). The number of hydrogen-bond acceptors (Lipinski definition) is 3. The Bertz CT molecular complexity index is 806. The molecule has 118 valence electrons. The summed E-state index contributed by atoms with van der Waals surface area (Å²) >= 11 is 5.87. The van der Waals surface area contributed by atoms with E-state index in [2.05, 4.69) is 15.5 Å². The molecule has 0 bridgehead atoms. The van der Waals surface area contributed by atoms with E-state index in [1.54, 1.807) is 27.7 Å². The van der Waals surface area contributed by atoms with Crippen LogP contribution in [0.4, 0.5) is 5.82 Å². The molecule has 0 aliphatic rings. The van der Waals surface area contributed by atoms with E-state index in [1.165, 1.54) is 0 Å². The number of amides is 1. The second-order valence-electron chi connectivity index (χ2n) is 5.01. The van der Waals surface area contributed by atoms with Crippen molar-refractivity contribution in [3.05, 3.63) is 65.1 Å². The Morgan fingerprint density at radius 3 is 2.74 bits per heavy atom. The first-order chi connectivity index (χ1) is 11.2. The van der Waals surface area contributed by atoms with Gasteiger partial charge >= 0.3 is 0 Å². The number of aryl methyl sites for hydroxylation is 1. The van der Waals surface area contributed by atoms with Crippen molar-refractivity contribution in [2.75, 3.05) is 5.32 Å². The van der Waals surface area contributed by atoms with Gasteiger partial charge in [0.15, 0.2) is 5.82 Å². The summed E-state index contributed by atoms with van der Waals surface area (Å²) in [6.07, 6.45) is 3.43. The Morgan fingerprint density at radius 2 is 2.00 bits per heavy atom. The molecule has 0 saturated carbocycles. The SMILES string of the molecule is CCn1nccc1C(=O)Nc1ccn(Cc2ccc(Cl)cc2)n1. The number of hydrogen-bond donors (Lipinski definition) is 1. The molecule has 6 nitrogen and oxygen atoms in total. The summed E-state index contributed by atoms with van der Waals surface area (Å²) < 4.78 is 3.40. The number of rotatable bonds is 5. The minimum Gasteiger partial charge on any atom is -0.304 e. The number of carbonyl (C=O) groups excluding carboxylic acids is 1. The van der Waals surface area contributed by atoms with Gasteiger partial charge in [0.1, 0.15) is 5.69 Å². The van der Waals surface area contributed by atoms with Crippen LogP contribution in [-0.2, 0) is 13.1 Å². The molecule has 0 aliphatic carbocycles. The number of anilines is 1. The van der Waals surface area contributed by atoms with Gasteiger partial charge < -0.3 is 5.32 Å². The minimum atomic E-state index is -0.221. The van der Waals surface area contributed by atoms with Crippen LogP contribution in [0.25, 0.3) is 0 Å². The van der Waals surface area contributed by atoms with Gasteiger partial charge in [-0.25, -0.2) is 0 Å². The van der Waals surface area contributed by atoms with Gasteiger partial charge in [-0.2, -0.15) is 10.2 Å². The fraction of sp³-hybridized carbons (Fsp3) is 0.188. The second-order valence-corrected chi connectivity index (χ2v) is 5.45. The first kappa shape index (κ1) is 15.3. The highest BCUT2D eigenvalue weighted by molar-refractivity contribution is 6.30. The molecule has 1 amide bonds. The molecule has 7 heteroatoms. The fourth-order valence-electron chi connectivity index (χ4n) is 2.25. The first-order valence-corrected chi connectivity index (χ1v) is 7.64. The van der Waals surface area contributed by atoms with Gasteiger partial charge in [0, 0.05) is 30.0 Å². The lowest BCUT2D eigenvalue weighted by atomic mass is 10.2. The molecule has 0 aliphatic heterocycles. The van der Waals surface area contributed by atoms with Crippen LogP contribution in [0.5, 0.6) is 0 Å². The second kappa shape index (κ2) is 6.66. The minimum absolute atomic E-state index is 0.221. The van der Waals surface area contributed by atoms with Crippen LogP contribution < -0.4 is 5.32 Å². The Morgan fingerprint density at radius 1 is 1.22 bits per heavy atom. The summed E-state index contributed by atoms with van der Waals surface area (Å²) in [6.45, 7) is 3.19. The van der Waals surface area contributed by atoms with E-state index in [4.69, 9.17) is 11.6 Å². The van der Waals surface area contributed by atoms with Crippen molar-refractivity contribution in [2.24, 2.45) is 0 Å². The molecule has 0 saturated heterocycles. The Kier molecular flexibility index (Phi) is 4.43. The molecule has 2 heterocycles. The average molecular weight is 330 g/mol. The van der Waals surface area contributed by atoms with Crippen LogP contribution in [0.1, 0.15) is 23.0 Å². The van der Waals surface area contributed by atoms with Crippen molar-refractivity contribution in [1.29, 1.82) is 0 Å². The Balaban J connectivity index is 1.67.